The third-order valence-corrected chi connectivity index (χ3v) is 7.17. The van der Waals surface area contributed by atoms with E-state index in [4.69, 9.17) is 21.1 Å². The van der Waals surface area contributed by atoms with Gasteiger partial charge in [-0.15, -0.1) is 11.3 Å². The number of aryl methyl sites for hydroxylation is 1. The highest BCUT2D eigenvalue weighted by Gasteiger charge is 2.23. The predicted molar refractivity (Wildman–Crippen MR) is 155 cm³/mol. The van der Waals surface area contributed by atoms with Gasteiger partial charge in [0.25, 0.3) is 11.8 Å². The first kappa shape index (κ1) is 27.9. The summed E-state index contributed by atoms with van der Waals surface area (Å²) < 4.78 is 10.8. The lowest BCUT2D eigenvalue weighted by Crippen LogP contribution is -2.21. The first-order valence-corrected chi connectivity index (χ1v) is 13.5. The number of carbonyl (C=O) groups excluding carboxylic acids is 3. The maximum Gasteiger partial charge on any atom is 0.341 e. The zero-order valence-electron chi connectivity index (χ0n) is 21.7. The number of carbonyl (C=O) groups is 3. The molecule has 200 valence electrons. The first-order chi connectivity index (χ1) is 18.8. The Morgan fingerprint density at radius 2 is 1.64 bits per heavy atom. The van der Waals surface area contributed by atoms with Crippen LogP contribution < -0.4 is 15.4 Å². The topological polar surface area (TPSA) is 93.7 Å². The lowest BCUT2D eigenvalue weighted by molar-refractivity contribution is -0.118. The van der Waals surface area contributed by atoms with Crippen molar-refractivity contribution in [3.8, 4) is 16.9 Å². The van der Waals surface area contributed by atoms with Crippen molar-refractivity contribution in [1.82, 2.24) is 0 Å². The molecule has 9 heteroatoms. The Morgan fingerprint density at radius 3 is 2.33 bits per heavy atom. The average molecular weight is 563 g/mol. The van der Waals surface area contributed by atoms with Crippen molar-refractivity contribution in [2.45, 2.75) is 20.8 Å². The highest BCUT2D eigenvalue weighted by Crippen LogP contribution is 2.36. The maximum absolute atomic E-state index is 12.7. The van der Waals surface area contributed by atoms with E-state index in [1.165, 1.54) is 11.3 Å². The van der Waals surface area contributed by atoms with Gasteiger partial charge in [-0.3, -0.25) is 9.59 Å². The molecule has 0 saturated heterocycles. The molecule has 4 aromatic rings. The quantitative estimate of drug-likeness (QED) is 0.212. The Labute approximate surface area is 235 Å². The summed E-state index contributed by atoms with van der Waals surface area (Å²) in [7, 11) is 0. The SMILES string of the molecule is CCOC(=O)c1c(-c2ccc(Cl)cc2)csc1NC(=O)COc1ccc(C(=O)Nc2cccc(C)c2C)cc1. The second-order valence-electron chi connectivity index (χ2n) is 8.64. The van der Waals surface area contributed by atoms with E-state index in [2.05, 4.69) is 10.6 Å². The van der Waals surface area contributed by atoms with E-state index in [9.17, 15) is 14.4 Å². The van der Waals surface area contributed by atoms with Crippen molar-refractivity contribution >= 4 is 51.4 Å². The molecule has 0 unspecified atom stereocenters. The molecule has 1 heterocycles. The number of nitrogens with one attached hydrogen (secondary N) is 2. The number of hydrogen-bond donors (Lipinski definition) is 2. The molecule has 3 aromatic carbocycles. The highest BCUT2D eigenvalue weighted by atomic mass is 35.5. The summed E-state index contributed by atoms with van der Waals surface area (Å²) in [6, 6.07) is 19.3. The minimum Gasteiger partial charge on any atom is -0.484 e. The fourth-order valence-corrected chi connectivity index (χ4v) is 4.89. The summed E-state index contributed by atoms with van der Waals surface area (Å²) in [6.07, 6.45) is 0. The minimum absolute atomic E-state index is 0.198. The molecule has 7 nitrogen and oxygen atoms in total. The Morgan fingerprint density at radius 1 is 0.923 bits per heavy atom. The van der Waals surface area contributed by atoms with Gasteiger partial charge in [0.15, 0.2) is 6.61 Å². The van der Waals surface area contributed by atoms with Crippen LogP contribution in [0.3, 0.4) is 0 Å². The number of rotatable bonds is 9. The largest absolute Gasteiger partial charge is 0.484 e. The highest BCUT2D eigenvalue weighted by molar-refractivity contribution is 7.15. The molecule has 0 radical (unpaired) electrons. The number of thiophene rings is 1. The van der Waals surface area contributed by atoms with Gasteiger partial charge in [0, 0.05) is 27.2 Å². The van der Waals surface area contributed by atoms with Crippen molar-refractivity contribution in [3.63, 3.8) is 0 Å². The van der Waals surface area contributed by atoms with Gasteiger partial charge in [-0.05, 0) is 79.9 Å². The third-order valence-electron chi connectivity index (χ3n) is 6.02. The van der Waals surface area contributed by atoms with E-state index in [1.54, 1.807) is 60.8 Å². The second-order valence-corrected chi connectivity index (χ2v) is 9.96. The molecule has 1 aromatic heterocycles. The van der Waals surface area contributed by atoms with Gasteiger partial charge in [-0.2, -0.15) is 0 Å². The van der Waals surface area contributed by atoms with E-state index >= 15 is 0 Å². The smallest absolute Gasteiger partial charge is 0.341 e. The summed E-state index contributed by atoms with van der Waals surface area (Å²) in [4.78, 5) is 38.1. The van der Waals surface area contributed by atoms with Crippen molar-refractivity contribution in [2.75, 3.05) is 23.8 Å². The molecule has 0 atom stereocenters. The monoisotopic (exact) mass is 562 g/mol. The van der Waals surface area contributed by atoms with Gasteiger partial charge in [0.2, 0.25) is 0 Å². The summed E-state index contributed by atoms with van der Waals surface area (Å²) in [6.45, 7) is 5.57. The van der Waals surface area contributed by atoms with Crippen LogP contribution in [0.5, 0.6) is 5.75 Å². The van der Waals surface area contributed by atoms with Crippen LogP contribution in [0.25, 0.3) is 11.1 Å². The van der Waals surface area contributed by atoms with Crippen LogP contribution in [-0.4, -0.2) is 31.0 Å². The van der Waals surface area contributed by atoms with Crippen molar-refractivity contribution in [1.29, 1.82) is 0 Å². The van der Waals surface area contributed by atoms with Crippen LogP contribution in [0.15, 0.2) is 72.1 Å². The van der Waals surface area contributed by atoms with Gasteiger partial charge in [-0.1, -0.05) is 35.9 Å². The summed E-state index contributed by atoms with van der Waals surface area (Å²) in [5.41, 5.74) is 5.00. The molecule has 0 aliphatic rings. The van der Waals surface area contributed by atoms with Gasteiger partial charge < -0.3 is 20.1 Å². The number of ether oxygens (including phenoxy) is 2. The van der Waals surface area contributed by atoms with E-state index in [1.807, 2.05) is 32.0 Å². The van der Waals surface area contributed by atoms with Crippen molar-refractivity contribution in [3.05, 3.63) is 99.4 Å². The van der Waals surface area contributed by atoms with E-state index in [0.717, 1.165) is 22.4 Å². The number of hydrogen-bond acceptors (Lipinski definition) is 6. The number of benzene rings is 3. The van der Waals surface area contributed by atoms with Crippen LogP contribution in [0.4, 0.5) is 10.7 Å². The molecular formula is C30H27ClN2O5S. The Kier molecular flexibility index (Phi) is 9.01. The maximum atomic E-state index is 12.7. The molecular weight excluding hydrogens is 536 g/mol. The van der Waals surface area contributed by atoms with Crippen molar-refractivity contribution in [2.24, 2.45) is 0 Å². The van der Waals surface area contributed by atoms with Crippen LogP contribution >= 0.6 is 22.9 Å². The normalized spacial score (nSPS) is 10.6. The standard InChI is InChI=1S/C30H27ClN2O5S/c1-4-37-30(36)27-24(20-8-12-22(31)13-9-20)17-39-29(27)33-26(34)16-38-23-14-10-21(11-15-23)28(35)32-25-7-5-6-18(2)19(25)3/h5-15,17H,4,16H2,1-3H3,(H,32,35)(H,33,34). The zero-order valence-corrected chi connectivity index (χ0v) is 23.2. The van der Waals surface area contributed by atoms with Crippen LogP contribution in [-0.2, 0) is 9.53 Å². The lowest BCUT2D eigenvalue weighted by atomic mass is 10.0. The average Bonchev–Trinajstić information content (AvgIpc) is 3.34. The molecule has 2 amide bonds. The van der Waals surface area contributed by atoms with Crippen molar-refractivity contribution < 1.29 is 23.9 Å². The summed E-state index contributed by atoms with van der Waals surface area (Å²) >= 11 is 7.22. The van der Waals surface area contributed by atoms with Gasteiger partial charge in [0.1, 0.15) is 16.3 Å². The number of anilines is 2. The first-order valence-electron chi connectivity index (χ1n) is 12.2. The molecule has 0 bridgehead atoms. The molecule has 0 spiro atoms. The van der Waals surface area contributed by atoms with E-state index in [0.29, 0.717) is 26.9 Å². The fraction of sp³-hybridized carbons (Fsp3) is 0.167. The molecule has 39 heavy (non-hydrogen) atoms. The van der Waals surface area contributed by atoms with Crippen LogP contribution in [0, 0.1) is 13.8 Å². The van der Waals surface area contributed by atoms with Crippen LogP contribution in [0.1, 0.15) is 38.8 Å². The van der Waals surface area contributed by atoms with Gasteiger partial charge in [-0.25, -0.2) is 4.79 Å². The van der Waals surface area contributed by atoms with E-state index in [-0.39, 0.29) is 24.7 Å². The second kappa shape index (κ2) is 12.6. The molecule has 4 rings (SSSR count). The Balaban J connectivity index is 1.40. The lowest BCUT2D eigenvalue weighted by Gasteiger charge is -2.11. The van der Waals surface area contributed by atoms with E-state index < -0.39 is 11.9 Å². The van der Waals surface area contributed by atoms with Crippen LogP contribution in [0.2, 0.25) is 5.02 Å². The molecule has 0 saturated carbocycles. The number of esters is 1. The summed E-state index contributed by atoms with van der Waals surface area (Å²) in [5.74, 6) is -0.794. The molecule has 2 N–H and O–H groups in total. The third kappa shape index (κ3) is 6.85. The fourth-order valence-electron chi connectivity index (χ4n) is 3.79. The molecule has 0 aliphatic heterocycles. The van der Waals surface area contributed by atoms with Gasteiger partial charge in [0.05, 0.1) is 6.61 Å². The Hall–Kier alpha value is -4.14. The summed E-state index contributed by atoms with van der Waals surface area (Å²) in [5, 5.41) is 8.40. The molecule has 0 fully saturated rings. The minimum atomic E-state index is -0.533. The number of amides is 2. The number of halogens is 1. The predicted octanol–water partition coefficient (Wildman–Crippen LogP) is 7.13. The molecule has 0 aliphatic carbocycles. The zero-order chi connectivity index (χ0) is 27.9. The Bertz CT molecular complexity index is 1500. The van der Waals surface area contributed by atoms with Gasteiger partial charge >= 0.3 is 5.97 Å².